The van der Waals surface area contributed by atoms with Crippen molar-refractivity contribution >= 4 is 39.0 Å². The third kappa shape index (κ3) is 3.77. The summed E-state index contributed by atoms with van der Waals surface area (Å²) in [5.74, 6) is 0.868. The van der Waals surface area contributed by atoms with Gasteiger partial charge < -0.3 is 10.6 Å². The molecule has 0 fully saturated rings. The van der Waals surface area contributed by atoms with Crippen LogP contribution in [-0.4, -0.2) is 17.0 Å². The van der Waals surface area contributed by atoms with Crippen LogP contribution < -0.4 is 10.6 Å². The Morgan fingerprint density at radius 1 is 1.35 bits per heavy atom. The maximum Gasteiger partial charge on any atom is 0.129 e. The summed E-state index contributed by atoms with van der Waals surface area (Å²) >= 11 is 8.52. The number of nitrogens with two attached hydrogens (primary N) is 1. The topological polar surface area (TPSA) is 42.1 Å². The van der Waals surface area contributed by atoms with E-state index in [4.69, 9.17) is 18.0 Å². The number of hydrogen-bond donors (Lipinski definition) is 1. The SMILES string of the molecule is Cc1cc(C(N)=S)cc(N(C)Cc2cccc(Br)c2)n1. The number of pyridine rings is 1. The summed E-state index contributed by atoms with van der Waals surface area (Å²) in [6.45, 7) is 2.71. The highest BCUT2D eigenvalue weighted by Gasteiger charge is 2.08. The van der Waals surface area contributed by atoms with Gasteiger partial charge in [0.2, 0.25) is 0 Å². The predicted octanol–water partition coefficient (Wildman–Crippen LogP) is 3.42. The lowest BCUT2D eigenvalue weighted by atomic mass is 10.2. The molecule has 0 radical (unpaired) electrons. The number of aromatic nitrogens is 1. The van der Waals surface area contributed by atoms with Gasteiger partial charge in [0.1, 0.15) is 10.8 Å². The van der Waals surface area contributed by atoms with Crippen LogP contribution in [0.3, 0.4) is 0 Å². The van der Waals surface area contributed by atoms with E-state index in [1.165, 1.54) is 5.56 Å². The number of anilines is 1. The highest BCUT2D eigenvalue weighted by molar-refractivity contribution is 9.10. The second kappa shape index (κ2) is 6.33. The molecule has 0 saturated heterocycles. The molecule has 20 heavy (non-hydrogen) atoms. The van der Waals surface area contributed by atoms with Gasteiger partial charge in [-0.3, -0.25) is 0 Å². The molecule has 2 N–H and O–H groups in total. The molecule has 1 aromatic carbocycles. The molecule has 0 atom stereocenters. The molecule has 5 heteroatoms. The molecule has 0 unspecified atom stereocenters. The fraction of sp³-hybridized carbons (Fsp3) is 0.200. The van der Waals surface area contributed by atoms with E-state index in [0.29, 0.717) is 4.99 Å². The first-order valence-corrected chi connectivity index (χ1v) is 7.40. The molecule has 0 spiro atoms. The molecular weight excluding hydrogens is 334 g/mol. The third-order valence-corrected chi connectivity index (χ3v) is 3.65. The van der Waals surface area contributed by atoms with E-state index < -0.39 is 0 Å². The van der Waals surface area contributed by atoms with E-state index in [0.717, 1.165) is 28.1 Å². The minimum atomic E-state index is 0.396. The van der Waals surface area contributed by atoms with E-state index in [-0.39, 0.29) is 0 Å². The average Bonchev–Trinajstić information content (AvgIpc) is 2.37. The second-order valence-electron chi connectivity index (χ2n) is 4.71. The fourth-order valence-electron chi connectivity index (χ4n) is 1.98. The van der Waals surface area contributed by atoms with Crippen LogP contribution in [-0.2, 0) is 6.54 Å². The van der Waals surface area contributed by atoms with E-state index in [1.807, 2.05) is 38.2 Å². The predicted molar refractivity (Wildman–Crippen MR) is 91.1 cm³/mol. The van der Waals surface area contributed by atoms with Gasteiger partial charge in [0.25, 0.3) is 0 Å². The van der Waals surface area contributed by atoms with Crippen LogP contribution in [0, 0.1) is 6.92 Å². The number of hydrogen-bond acceptors (Lipinski definition) is 3. The Morgan fingerprint density at radius 3 is 2.75 bits per heavy atom. The van der Waals surface area contributed by atoms with Crippen molar-refractivity contribution in [1.82, 2.24) is 4.98 Å². The van der Waals surface area contributed by atoms with Crippen LogP contribution >= 0.6 is 28.1 Å². The van der Waals surface area contributed by atoms with Crippen molar-refractivity contribution < 1.29 is 0 Å². The van der Waals surface area contributed by atoms with Crippen LogP contribution in [0.15, 0.2) is 40.9 Å². The highest BCUT2D eigenvalue weighted by Crippen LogP contribution is 2.18. The Labute approximate surface area is 132 Å². The first-order valence-electron chi connectivity index (χ1n) is 6.20. The summed E-state index contributed by atoms with van der Waals surface area (Å²) in [5, 5.41) is 0. The molecule has 104 valence electrons. The quantitative estimate of drug-likeness (QED) is 0.858. The molecule has 1 aromatic heterocycles. The van der Waals surface area contributed by atoms with Gasteiger partial charge in [0, 0.05) is 29.3 Å². The average molecular weight is 350 g/mol. The van der Waals surface area contributed by atoms with E-state index in [9.17, 15) is 0 Å². The highest BCUT2D eigenvalue weighted by atomic mass is 79.9. The van der Waals surface area contributed by atoms with Crippen LogP contribution in [0.4, 0.5) is 5.82 Å². The lowest BCUT2D eigenvalue weighted by Crippen LogP contribution is -2.19. The van der Waals surface area contributed by atoms with Crippen molar-refractivity contribution in [3.63, 3.8) is 0 Å². The molecule has 0 saturated carbocycles. The smallest absolute Gasteiger partial charge is 0.129 e. The maximum absolute atomic E-state index is 5.70. The Hall–Kier alpha value is -1.46. The van der Waals surface area contributed by atoms with E-state index in [1.54, 1.807) is 0 Å². The maximum atomic E-state index is 5.70. The van der Waals surface area contributed by atoms with Gasteiger partial charge in [-0.1, -0.05) is 40.3 Å². The summed E-state index contributed by atoms with van der Waals surface area (Å²) in [6.07, 6.45) is 0. The first kappa shape index (κ1) is 14.9. The van der Waals surface area contributed by atoms with Gasteiger partial charge in [-0.2, -0.15) is 0 Å². The van der Waals surface area contributed by atoms with Crippen LogP contribution in [0.5, 0.6) is 0 Å². The summed E-state index contributed by atoms with van der Waals surface area (Å²) in [5.41, 5.74) is 8.67. The summed E-state index contributed by atoms with van der Waals surface area (Å²) in [7, 11) is 2.01. The Bertz CT molecular complexity index is 643. The molecule has 0 amide bonds. The second-order valence-corrected chi connectivity index (χ2v) is 6.06. The van der Waals surface area contributed by atoms with Gasteiger partial charge in [0.05, 0.1) is 0 Å². The van der Waals surface area contributed by atoms with Crippen molar-refractivity contribution in [1.29, 1.82) is 0 Å². The normalized spacial score (nSPS) is 10.3. The largest absolute Gasteiger partial charge is 0.389 e. The van der Waals surface area contributed by atoms with Gasteiger partial charge >= 0.3 is 0 Å². The number of nitrogens with zero attached hydrogens (tertiary/aromatic N) is 2. The summed E-state index contributed by atoms with van der Waals surface area (Å²) in [6, 6.07) is 12.1. The van der Waals surface area contributed by atoms with Gasteiger partial charge in [-0.15, -0.1) is 0 Å². The minimum absolute atomic E-state index is 0.396. The Balaban J connectivity index is 2.25. The first-order chi connectivity index (χ1) is 9.45. The van der Waals surface area contributed by atoms with Crippen molar-refractivity contribution in [2.75, 3.05) is 11.9 Å². The molecule has 0 aliphatic rings. The number of aryl methyl sites for hydroxylation is 1. The Morgan fingerprint density at radius 2 is 2.10 bits per heavy atom. The lowest BCUT2D eigenvalue weighted by molar-refractivity contribution is 0.891. The number of halogens is 1. The number of benzene rings is 1. The molecule has 0 aliphatic heterocycles. The molecular formula is C15H16BrN3S. The van der Waals surface area contributed by atoms with E-state index >= 15 is 0 Å². The zero-order chi connectivity index (χ0) is 14.7. The van der Waals surface area contributed by atoms with Crippen molar-refractivity contribution in [2.24, 2.45) is 5.73 Å². The lowest BCUT2D eigenvalue weighted by Gasteiger charge is -2.19. The molecule has 1 heterocycles. The molecule has 0 bridgehead atoms. The minimum Gasteiger partial charge on any atom is -0.389 e. The molecule has 2 aromatic rings. The monoisotopic (exact) mass is 349 g/mol. The van der Waals surface area contributed by atoms with Gasteiger partial charge in [-0.05, 0) is 36.8 Å². The van der Waals surface area contributed by atoms with Crippen LogP contribution in [0.25, 0.3) is 0 Å². The number of thiocarbonyl (C=S) groups is 1. The number of rotatable bonds is 4. The third-order valence-electron chi connectivity index (χ3n) is 2.92. The van der Waals surface area contributed by atoms with Crippen molar-refractivity contribution in [3.05, 3.63) is 57.7 Å². The Kier molecular flexibility index (Phi) is 4.73. The van der Waals surface area contributed by atoms with Crippen LogP contribution in [0.1, 0.15) is 16.8 Å². The zero-order valence-electron chi connectivity index (χ0n) is 11.4. The van der Waals surface area contributed by atoms with E-state index in [2.05, 4.69) is 37.9 Å². The van der Waals surface area contributed by atoms with Crippen molar-refractivity contribution in [3.8, 4) is 0 Å². The summed E-state index contributed by atoms with van der Waals surface area (Å²) in [4.78, 5) is 7.01. The molecule has 2 rings (SSSR count). The molecule has 0 aliphatic carbocycles. The van der Waals surface area contributed by atoms with Gasteiger partial charge in [0.15, 0.2) is 0 Å². The molecule has 3 nitrogen and oxygen atoms in total. The summed E-state index contributed by atoms with van der Waals surface area (Å²) < 4.78 is 1.07. The fourth-order valence-corrected chi connectivity index (χ4v) is 2.54. The standard InChI is InChI=1S/C15H16BrN3S/c1-10-6-12(15(17)20)8-14(18-10)19(2)9-11-4-3-5-13(16)7-11/h3-8H,9H2,1-2H3,(H2,17,20). The van der Waals surface area contributed by atoms with Crippen molar-refractivity contribution in [2.45, 2.75) is 13.5 Å². The zero-order valence-corrected chi connectivity index (χ0v) is 13.8. The van der Waals surface area contributed by atoms with Crippen LogP contribution in [0.2, 0.25) is 0 Å². The van der Waals surface area contributed by atoms with Gasteiger partial charge in [-0.25, -0.2) is 4.98 Å².